The smallest absolute Gasteiger partial charge is 0.296 e. The molecule has 1 aliphatic carbocycles. The van der Waals surface area contributed by atoms with Gasteiger partial charge in [-0.05, 0) is 76.9 Å². The Kier molecular flexibility index (Phi) is 7.22. The number of sulfonamides is 1. The second kappa shape index (κ2) is 9.87. The first-order valence-corrected chi connectivity index (χ1v) is 14.4. The van der Waals surface area contributed by atoms with Crippen LogP contribution in [0.1, 0.15) is 24.0 Å². The van der Waals surface area contributed by atoms with Crippen molar-refractivity contribution in [1.29, 1.82) is 0 Å². The van der Waals surface area contributed by atoms with Gasteiger partial charge in [-0.1, -0.05) is 12.1 Å². The highest BCUT2D eigenvalue weighted by atomic mass is 127. The molecule has 0 bridgehead atoms. The van der Waals surface area contributed by atoms with Gasteiger partial charge >= 0.3 is 0 Å². The van der Waals surface area contributed by atoms with E-state index in [4.69, 9.17) is 9.88 Å². The molecule has 35 heavy (non-hydrogen) atoms. The molecule has 13 heteroatoms. The van der Waals surface area contributed by atoms with Gasteiger partial charge in [0.25, 0.3) is 10.2 Å². The number of benzene rings is 3. The summed E-state index contributed by atoms with van der Waals surface area (Å²) in [6.07, 6.45) is 0.885. The summed E-state index contributed by atoms with van der Waals surface area (Å²) in [5.74, 6) is -1.32. The van der Waals surface area contributed by atoms with Gasteiger partial charge in [0.05, 0.1) is 16.6 Å². The van der Waals surface area contributed by atoms with Crippen molar-refractivity contribution in [1.82, 2.24) is 0 Å². The molecule has 1 saturated carbocycles. The summed E-state index contributed by atoms with van der Waals surface area (Å²) in [6, 6.07) is 12.3. The van der Waals surface area contributed by atoms with Crippen molar-refractivity contribution in [3.63, 3.8) is 0 Å². The lowest BCUT2D eigenvalue weighted by Crippen LogP contribution is -2.21. The van der Waals surface area contributed by atoms with Crippen LogP contribution in [0.4, 0.5) is 20.2 Å². The van der Waals surface area contributed by atoms with Gasteiger partial charge in [-0.2, -0.15) is 8.42 Å². The summed E-state index contributed by atoms with van der Waals surface area (Å²) in [5, 5.41) is 4.42. The van der Waals surface area contributed by atoms with E-state index in [2.05, 4.69) is 9.44 Å². The third kappa shape index (κ3) is 6.80. The van der Waals surface area contributed by atoms with Crippen LogP contribution in [-0.2, 0) is 26.7 Å². The normalized spacial score (nSPS) is 13.9. The average Bonchev–Trinajstić information content (AvgIpc) is 3.57. The van der Waals surface area contributed by atoms with Crippen LogP contribution < -0.4 is 19.3 Å². The Labute approximate surface area is 215 Å². The number of rotatable bonds is 9. The van der Waals surface area contributed by atoms with Gasteiger partial charge in [-0.15, -0.1) is 0 Å². The number of anilines is 2. The molecule has 0 unspecified atom stereocenters. The molecule has 4 rings (SSSR count). The first-order valence-electron chi connectivity index (χ1n) is 10.3. The minimum atomic E-state index is -4.05. The van der Waals surface area contributed by atoms with Gasteiger partial charge < -0.3 is 4.74 Å². The van der Waals surface area contributed by atoms with E-state index < -0.39 is 37.1 Å². The lowest BCUT2D eigenvalue weighted by molar-refractivity contribution is 0.478. The van der Waals surface area contributed by atoms with Crippen LogP contribution in [0, 0.1) is 15.2 Å². The lowest BCUT2D eigenvalue weighted by Gasteiger charge is -2.18. The number of halogens is 3. The van der Waals surface area contributed by atoms with Gasteiger partial charge in [0.15, 0.2) is 5.75 Å². The summed E-state index contributed by atoms with van der Waals surface area (Å²) in [5.41, 5.74) is 0.472. The topological polar surface area (TPSA) is 128 Å². The Morgan fingerprint density at radius 3 is 2.37 bits per heavy atom. The molecular weight excluding hydrogens is 615 g/mol. The highest BCUT2D eigenvalue weighted by Gasteiger charge is 2.37. The molecule has 0 aliphatic heterocycles. The monoisotopic (exact) mass is 635 g/mol. The molecule has 3 aromatic rings. The van der Waals surface area contributed by atoms with E-state index in [1.54, 1.807) is 12.1 Å². The Bertz CT molecular complexity index is 1500. The van der Waals surface area contributed by atoms with E-state index in [9.17, 15) is 25.6 Å². The summed E-state index contributed by atoms with van der Waals surface area (Å²) in [4.78, 5) is 0. The van der Waals surface area contributed by atoms with Crippen LogP contribution in [0.3, 0.4) is 0 Å². The Morgan fingerprint density at radius 2 is 1.71 bits per heavy atom. The Hall–Kier alpha value is -2.49. The molecule has 8 nitrogen and oxygen atoms in total. The summed E-state index contributed by atoms with van der Waals surface area (Å²) < 4.78 is 88.4. The zero-order valence-electron chi connectivity index (χ0n) is 18.0. The number of ether oxygens (including phenoxy) is 1. The number of hydrogen-bond donors (Lipinski definition) is 3. The second-order valence-corrected chi connectivity index (χ2v) is 12.5. The van der Waals surface area contributed by atoms with Gasteiger partial charge in [-0.3, -0.25) is 9.44 Å². The summed E-state index contributed by atoms with van der Waals surface area (Å²) in [7, 11) is -7.84. The standard InChI is InChI=1S/C22H20F2IN3O5S2/c23-15-9-14(8-13-4-5-16(25)11-20(13)24)22(28-34(29,30)19-6-7-19)21(10-15)33-18-3-1-2-17(12-18)27-35(26,31)32/h1-5,9-12,19,27-28H,6-8H2,(H2,26,31,32). The van der Waals surface area contributed by atoms with Crippen molar-refractivity contribution in [2.45, 2.75) is 24.5 Å². The molecule has 0 aromatic heterocycles. The summed E-state index contributed by atoms with van der Waals surface area (Å²) in [6.45, 7) is 0. The van der Waals surface area contributed by atoms with E-state index in [1.807, 2.05) is 22.6 Å². The van der Waals surface area contributed by atoms with Crippen LogP contribution in [0.5, 0.6) is 11.5 Å². The molecule has 3 aromatic carbocycles. The molecule has 1 fully saturated rings. The molecule has 0 radical (unpaired) electrons. The Balaban J connectivity index is 1.76. The van der Waals surface area contributed by atoms with Crippen molar-refractivity contribution in [3.05, 3.63) is 80.9 Å². The van der Waals surface area contributed by atoms with Crippen molar-refractivity contribution in [2.24, 2.45) is 5.14 Å². The number of hydrogen-bond acceptors (Lipinski definition) is 5. The van der Waals surface area contributed by atoms with Crippen molar-refractivity contribution < 1.29 is 30.4 Å². The second-order valence-electron chi connectivity index (χ2n) is 7.97. The average molecular weight is 635 g/mol. The maximum Gasteiger partial charge on any atom is 0.296 e. The van der Waals surface area contributed by atoms with Crippen LogP contribution in [0.15, 0.2) is 54.6 Å². The quantitative estimate of drug-likeness (QED) is 0.299. The lowest BCUT2D eigenvalue weighted by atomic mass is 10.0. The number of nitrogens with one attached hydrogen (secondary N) is 2. The van der Waals surface area contributed by atoms with Gasteiger partial charge in [-0.25, -0.2) is 22.3 Å². The van der Waals surface area contributed by atoms with E-state index in [0.29, 0.717) is 16.4 Å². The van der Waals surface area contributed by atoms with E-state index in [-0.39, 0.29) is 40.4 Å². The zero-order chi connectivity index (χ0) is 25.4. The van der Waals surface area contributed by atoms with E-state index >= 15 is 0 Å². The van der Waals surface area contributed by atoms with Crippen molar-refractivity contribution in [3.8, 4) is 11.5 Å². The molecule has 0 amide bonds. The largest absolute Gasteiger partial charge is 0.455 e. The maximum absolute atomic E-state index is 14.6. The number of nitrogens with two attached hydrogens (primary N) is 1. The first kappa shape index (κ1) is 25.6. The van der Waals surface area contributed by atoms with Crippen LogP contribution >= 0.6 is 22.6 Å². The fourth-order valence-electron chi connectivity index (χ4n) is 3.36. The van der Waals surface area contributed by atoms with Crippen molar-refractivity contribution >= 4 is 54.2 Å². The van der Waals surface area contributed by atoms with Gasteiger partial charge in [0.2, 0.25) is 10.0 Å². The fourth-order valence-corrected chi connectivity index (χ4v) is 5.71. The predicted molar refractivity (Wildman–Crippen MR) is 137 cm³/mol. The molecule has 186 valence electrons. The molecule has 4 N–H and O–H groups in total. The van der Waals surface area contributed by atoms with Crippen LogP contribution in [0.25, 0.3) is 0 Å². The third-order valence-electron chi connectivity index (χ3n) is 5.07. The predicted octanol–water partition coefficient (Wildman–Crippen LogP) is 4.47. The molecular formula is C22H20F2IN3O5S2. The highest BCUT2D eigenvalue weighted by Crippen LogP contribution is 2.39. The zero-order valence-corrected chi connectivity index (χ0v) is 21.8. The third-order valence-corrected chi connectivity index (χ3v) is 8.10. The van der Waals surface area contributed by atoms with Crippen LogP contribution in [0.2, 0.25) is 0 Å². The van der Waals surface area contributed by atoms with E-state index in [0.717, 1.165) is 12.1 Å². The Morgan fingerprint density at radius 1 is 0.971 bits per heavy atom. The van der Waals surface area contributed by atoms with Gasteiger partial charge in [0.1, 0.15) is 17.4 Å². The first-order chi connectivity index (χ1) is 16.4. The molecule has 0 atom stereocenters. The fraction of sp³-hybridized carbons (Fsp3) is 0.182. The molecule has 0 saturated heterocycles. The molecule has 0 heterocycles. The summed E-state index contributed by atoms with van der Waals surface area (Å²) >= 11 is 1.96. The minimum absolute atomic E-state index is 0.0268. The van der Waals surface area contributed by atoms with Crippen molar-refractivity contribution in [2.75, 3.05) is 9.44 Å². The van der Waals surface area contributed by atoms with E-state index in [1.165, 1.54) is 30.3 Å². The minimum Gasteiger partial charge on any atom is -0.455 e. The van der Waals surface area contributed by atoms with Gasteiger partial charge in [0, 0.05) is 22.1 Å². The molecule has 0 spiro atoms. The van der Waals surface area contributed by atoms with Crippen LogP contribution in [-0.4, -0.2) is 22.1 Å². The maximum atomic E-state index is 14.6. The molecule has 1 aliphatic rings. The SMILES string of the molecule is NS(=O)(=O)Nc1cccc(Oc2cc(F)cc(Cc3ccc(I)cc3F)c2NS(=O)(=O)C2CC2)c1. The highest BCUT2D eigenvalue weighted by molar-refractivity contribution is 14.1.